The maximum absolute atomic E-state index is 5.81. The second kappa shape index (κ2) is 8.04. The van der Waals surface area contributed by atoms with E-state index in [4.69, 9.17) is 10.5 Å². The van der Waals surface area contributed by atoms with Crippen molar-refractivity contribution in [2.75, 3.05) is 33.4 Å². The molecule has 1 aliphatic heterocycles. The highest BCUT2D eigenvalue weighted by atomic mass is 16.5. The van der Waals surface area contributed by atoms with Gasteiger partial charge in [0, 0.05) is 19.7 Å². The van der Waals surface area contributed by atoms with Gasteiger partial charge in [0.2, 0.25) is 0 Å². The second-order valence-corrected chi connectivity index (χ2v) is 4.97. The van der Waals surface area contributed by atoms with Gasteiger partial charge in [0.25, 0.3) is 0 Å². The van der Waals surface area contributed by atoms with Gasteiger partial charge < -0.3 is 10.5 Å². The zero-order valence-electron chi connectivity index (χ0n) is 11.0. The lowest BCUT2D eigenvalue weighted by Crippen LogP contribution is -2.44. The molecule has 3 heteroatoms. The van der Waals surface area contributed by atoms with Crippen molar-refractivity contribution < 1.29 is 4.74 Å². The van der Waals surface area contributed by atoms with Crippen LogP contribution in [0.25, 0.3) is 0 Å². The molecule has 0 aromatic rings. The molecule has 0 radical (unpaired) electrons. The molecule has 3 nitrogen and oxygen atoms in total. The molecular formula is C13H28N2O. The Kier molecular flexibility index (Phi) is 7.01. The number of likely N-dealkylation sites (tertiary alicyclic amines) is 1. The molecule has 0 bridgehead atoms. The predicted octanol–water partition coefficient (Wildman–Crippen LogP) is 1.86. The molecule has 0 aromatic heterocycles. The Bertz CT molecular complexity index is 175. The lowest BCUT2D eigenvalue weighted by atomic mass is 9.96. The zero-order chi connectivity index (χ0) is 11.8. The first-order chi connectivity index (χ1) is 7.81. The van der Waals surface area contributed by atoms with Crippen molar-refractivity contribution in [3.63, 3.8) is 0 Å². The standard InChI is InChI=1S/C13H28N2O/c1-3-5-12-6-4-8-15(9-7-12)13(10-14)11-16-2/h12-13H,3-11,14H2,1-2H3. The van der Waals surface area contributed by atoms with Crippen molar-refractivity contribution in [3.8, 4) is 0 Å². The SMILES string of the molecule is CCCC1CCCN(C(CN)COC)CC1. The van der Waals surface area contributed by atoms with Crippen molar-refractivity contribution in [1.82, 2.24) is 4.90 Å². The minimum atomic E-state index is 0.422. The van der Waals surface area contributed by atoms with Crippen LogP contribution >= 0.6 is 0 Å². The van der Waals surface area contributed by atoms with Gasteiger partial charge in [0.15, 0.2) is 0 Å². The summed E-state index contributed by atoms with van der Waals surface area (Å²) in [6.07, 6.45) is 6.78. The summed E-state index contributed by atoms with van der Waals surface area (Å²) in [5.41, 5.74) is 5.81. The Labute approximate surface area is 100 Å². The van der Waals surface area contributed by atoms with Crippen LogP contribution in [0.15, 0.2) is 0 Å². The smallest absolute Gasteiger partial charge is 0.0630 e. The maximum atomic E-state index is 5.81. The molecule has 0 aliphatic carbocycles. The van der Waals surface area contributed by atoms with Gasteiger partial charge in [-0.2, -0.15) is 0 Å². The van der Waals surface area contributed by atoms with Gasteiger partial charge in [-0.05, 0) is 38.3 Å². The van der Waals surface area contributed by atoms with E-state index in [0.29, 0.717) is 12.6 Å². The highest BCUT2D eigenvalue weighted by molar-refractivity contribution is 4.77. The van der Waals surface area contributed by atoms with Crippen LogP contribution in [0, 0.1) is 5.92 Å². The average Bonchev–Trinajstić information content (AvgIpc) is 2.52. The third-order valence-electron chi connectivity index (χ3n) is 3.73. The van der Waals surface area contributed by atoms with Crippen molar-refractivity contribution in [2.45, 2.75) is 45.1 Å². The second-order valence-electron chi connectivity index (χ2n) is 4.97. The molecule has 1 heterocycles. The molecule has 1 aliphatic rings. The predicted molar refractivity (Wildman–Crippen MR) is 68.5 cm³/mol. The van der Waals surface area contributed by atoms with E-state index < -0.39 is 0 Å². The van der Waals surface area contributed by atoms with Crippen molar-refractivity contribution >= 4 is 0 Å². The van der Waals surface area contributed by atoms with Gasteiger partial charge in [-0.3, -0.25) is 4.90 Å². The first-order valence-corrected chi connectivity index (χ1v) is 6.74. The molecule has 2 N–H and O–H groups in total. The number of hydrogen-bond donors (Lipinski definition) is 1. The van der Waals surface area contributed by atoms with Gasteiger partial charge in [-0.15, -0.1) is 0 Å². The lowest BCUT2D eigenvalue weighted by molar-refractivity contribution is 0.0953. The van der Waals surface area contributed by atoms with Gasteiger partial charge in [0.05, 0.1) is 6.61 Å². The number of nitrogens with two attached hydrogens (primary N) is 1. The van der Waals surface area contributed by atoms with E-state index in [-0.39, 0.29) is 0 Å². The molecule has 2 atom stereocenters. The van der Waals surface area contributed by atoms with Gasteiger partial charge in [-0.1, -0.05) is 19.8 Å². The maximum Gasteiger partial charge on any atom is 0.0630 e. The van der Waals surface area contributed by atoms with Crippen LogP contribution in [-0.4, -0.2) is 44.3 Å². The summed E-state index contributed by atoms with van der Waals surface area (Å²) >= 11 is 0. The summed E-state index contributed by atoms with van der Waals surface area (Å²) in [7, 11) is 1.76. The van der Waals surface area contributed by atoms with Crippen LogP contribution < -0.4 is 5.73 Å². The van der Waals surface area contributed by atoms with Crippen LogP contribution in [0.1, 0.15) is 39.0 Å². The summed E-state index contributed by atoms with van der Waals surface area (Å²) in [6, 6.07) is 0.422. The topological polar surface area (TPSA) is 38.5 Å². The fourth-order valence-electron chi connectivity index (χ4n) is 2.76. The third-order valence-corrected chi connectivity index (χ3v) is 3.73. The molecular weight excluding hydrogens is 200 g/mol. The van der Waals surface area contributed by atoms with Gasteiger partial charge in [0.1, 0.15) is 0 Å². The van der Waals surface area contributed by atoms with Crippen LogP contribution in [-0.2, 0) is 4.74 Å². The minimum Gasteiger partial charge on any atom is -0.383 e. The Morgan fingerprint density at radius 2 is 2.19 bits per heavy atom. The molecule has 0 saturated carbocycles. The van der Waals surface area contributed by atoms with E-state index in [1.54, 1.807) is 7.11 Å². The first kappa shape index (κ1) is 13.9. The van der Waals surface area contributed by atoms with E-state index in [1.165, 1.54) is 45.2 Å². The van der Waals surface area contributed by atoms with E-state index in [9.17, 15) is 0 Å². The monoisotopic (exact) mass is 228 g/mol. The summed E-state index contributed by atoms with van der Waals surface area (Å²) in [4.78, 5) is 2.53. The number of ether oxygens (including phenoxy) is 1. The summed E-state index contributed by atoms with van der Waals surface area (Å²) in [6.45, 7) is 6.18. The number of rotatable bonds is 6. The van der Waals surface area contributed by atoms with Gasteiger partial charge in [-0.25, -0.2) is 0 Å². The summed E-state index contributed by atoms with van der Waals surface area (Å²) in [5.74, 6) is 0.941. The zero-order valence-corrected chi connectivity index (χ0v) is 11.0. The van der Waals surface area contributed by atoms with Crippen LogP contribution in [0.4, 0.5) is 0 Å². The first-order valence-electron chi connectivity index (χ1n) is 6.74. The quantitative estimate of drug-likeness (QED) is 0.754. The largest absolute Gasteiger partial charge is 0.383 e. The summed E-state index contributed by atoms with van der Waals surface area (Å²) < 4.78 is 5.24. The Hall–Kier alpha value is -0.120. The molecule has 16 heavy (non-hydrogen) atoms. The number of nitrogens with zero attached hydrogens (tertiary/aromatic N) is 1. The van der Waals surface area contributed by atoms with Gasteiger partial charge >= 0.3 is 0 Å². The molecule has 1 rings (SSSR count). The van der Waals surface area contributed by atoms with Crippen LogP contribution in [0.3, 0.4) is 0 Å². The molecule has 0 amide bonds. The highest BCUT2D eigenvalue weighted by Gasteiger charge is 2.21. The Morgan fingerprint density at radius 1 is 1.38 bits per heavy atom. The molecule has 0 aromatic carbocycles. The summed E-state index contributed by atoms with van der Waals surface area (Å²) in [5, 5.41) is 0. The highest BCUT2D eigenvalue weighted by Crippen LogP contribution is 2.22. The molecule has 96 valence electrons. The molecule has 0 spiro atoms. The van der Waals surface area contributed by atoms with Crippen molar-refractivity contribution in [3.05, 3.63) is 0 Å². The van der Waals surface area contributed by atoms with Crippen LogP contribution in [0.2, 0.25) is 0 Å². The Morgan fingerprint density at radius 3 is 2.81 bits per heavy atom. The normalized spacial score (nSPS) is 25.3. The molecule has 1 fully saturated rings. The molecule has 1 saturated heterocycles. The fourth-order valence-corrected chi connectivity index (χ4v) is 2.76. The van der Waals surface area contributed by atoms with E-state index in [2.05, 4.69) is 11.8 Å². The Balaban J connectivity index is 2.38. The van der Waals surface area contributed by atoms with Crippen molar-refractivity contribution in [2.24, 2.45) is 11.7 Å². The molecule has 2 unspecified atom stereocenters. The lowest BCUT2D eigenvalue weighted by Gasteiger charge is -2.29. The number of methoxy groups -OCH3 is 1. The van der Waals surface area contributed by atoms with E-state index >= 15 is 0 Å². The number of hydrogen-bond acceptors (Lipinski definition) is 3. The average molecular weight is 228 g/mol. The van der Waals surface area contributed by atoms with E-state index in [0.717, 1.165) is 12.5 Å². The van der Waals surface area contributed by atoms with Crippen LogP contribution in [0.5, 0.6) is 0 Å². The fraction of sp³-hybridized carbons (Fsp3) is 1.00. The van der Waals surface area contributed by atoms with E-state index in [1.807, 2.05) is 0 Å². The third kappa shape index (κ3) is 4.40. The van der Waals surface area contributed by atoms with Crippen molar-refractivity contribution in [1.29, 1.82) is 0 Å². The minimum absolute atomic E-state index is 0.422.